The summed E-state index contributed by atoms with van der Waals surface area (Å²) < 4.78 is 11.1. The molecule has 16 heavy (non-hydrogen) atoms. The zero-order valence-electron chi connectivity index (χ0n) is 10.6. The molecular weight excluding hydrogens is 202 g/mol. The van der Waals surface area contributed by atoms with Crippen LogP contribution in [0.25, 0.3) is 0 Å². The van der Waals surface area contributed by atoms with Crippen molar-refractivity contribution in [3.8, 4) is 0 Å². The maximum absolute atomic E-state index is 5.64. The molecule has 0 radical (unpaired) electrons. The monoisotopic (exact) mass is 227 g/mol. The summed E-state index contributed by atoms with van der Waals surface area (Å²) in [6, 6.07) is 0.682. The molecule has 3 heteroatoms. The highest BCUT2D eigenvalue weighted by molar-refractivity contribution is 4.89. The predicted molar refractivity (Wildman–Crippen MR) is 64.6 cm³/mol. The Morgan fingerprint density at radius 3 is 2.81 bits per heavy atom. The molecule has 0 bridgehead atoms. The van der Waals surface area contributed by atoms with Crippen molar-refractivity contribution in [3.05, 3.63) is 0 Å². The van der Waals surface area contributed by atoms with Crippen molar-refractivity contribution in [2.24, 2.45) is 5.92 Å². The largest absolute Gasteiger partial charge is 0.378 e. The minimum atomic E-state index is -0.0584. The molecule has 3 nitrogen and oxygen atoms in total. The lowest BCUT2D eigenvalue weighted by Gasteiger charge is -2.34. The van der Waals surface area contributed by atoms with Gasteiger partial charge in [0.1, 0.15) is 5.60 Å². The fraction of sp³-hybridized carbons (Fsp3) is 1.00. The van der Waals surface area contributed by atoms with E-state index in [1.165, 1.54) is 25.7 Å². The number of methoxy groups -OCH3 is 1. The van der Waals surface area contributed by atoms with Crippen LogP contribution in [0.15, 0.2) is 0 Å². The zero-order valence-corrected chi connectivity index (χ0v) is 10.6. The summed E-state index contributed by atoms with van der Waals surface area (Å²) in [6.07, 6.45) is 6.49. The molecule has 1 aliphatic carbocycles. The number of nitrogens with one attached hydrogen (secondary N) is 1. The molecule has 2 aliphatic rings. The Kier molecular flexibility index (Phi) is 4.22. The molecule has 1 heterocycles. The molecule has 1 N–H and O–H groups in total. The van der Waals surface area contributed by atoms with Gasteiger partial charge < -0.3 is 14.8 Å². The summed E-state index contributed by atoms with van der Waals surface area (Å²) >= 11 is 0. The topological polar surface area (TPSA) is 30.5 Å². The Bertz CT molecular complexity index is 214. The lowest BCUT2D eigenvalue weighted by molar-refractivity contribution is -0.0193. The average molecular weight is 227 g/mol. The van der Waals surface area contributed by atoms with Crippen molar-refractivity contribution >= 4 is 0 Å². The second-order valence-electron chi connectivity index (χ2n) is 5.44. The van der Waals surface area contributed by atoms with E-state index < -0.39 is 0 Å². The van der Waals surface area contributed by atoms with Crippen LogP contribution in [0.3, 0.4) is 0 Å². The van der Waals surface area contributed by atoms with Crippen LogP contribution < -0.4 is 5.32 Å². The molecule has 0 aromatic carbocycles. The van der Waals surface area contributed by atoms with Crippen molar-refractivity contribution in [1.29, 1.82) is 0 Å². The average Bonchev–Trinajstić information content (AvgIpc) is 2.78. The van der Waals surface area contributed by atoms with E-state index in [0.717, 1.165) is 32.1 Å². The molecule has 3 unspecified atom stereocenters. The fourth-order valence-electron chi connectivity index (χ4n) is 2.90. The Labute approximate surface area is 98.9 Å². The molecule has 0 aromatic heterocycles. The highest BCUT2D eigenvalue weighted by Crippen LogP contribution is 2.26. The van der Waals surface area contributed by atoms with E-state index in [-0.39, 0.29) is 5.60 Å². The van der Waals surface area contributed by atoms with Gasteiger partial charge in [-0.3, -0.25) is 0 Å². The van der Waals surface area contributed by atoms with Gasteiger partial charge in [-0.25, -0.2) is 0 Å². The maximum Gasteiger partial charge on any atom is 0.106 e. The van der Waals surface area contributed by atoms with Gasteiger partial charge in [0, 0.05) is 32.7 Å². The first-order chi connectivity index (χ1) is 7.76. The van der Waals surface area contributed by atoms with E-state index in [2.05, 4.69) is 12.2 Å². The van der Waals surface area contributed by atoms with Gasteiger partial charge >= 0.3 is 0 Å². The first kappa shape index (κ1) is 12.3. The standard InChI is InChI=1S/C13H25NO2/c1-11-5-3-4-6-12(11)14-9-13(15-2)7-8-16-10-13/h11-12,14H,3-10H2,1-2H3. The van der Waals surface area contributed by atoms with Gasteiger partial charge in [-0.15, -0.1) is 0 Å². The third-order valence-corrected chi connectivity index (χ3v) is 4.30. The Balaban J connectivity index is 1.80. The number of rotatable bonds is 4. The van der Waals surface area contributed by atoms with Gasteiger partial charge in [0.05, 0.1) is 6.61 Å². The smallest absolute Gasteiger partial charge is 0.106 e. The van der Waals surface area contributed by atoms with Gasteiger partial charge in [-0.05, 0) is 18.8 Å². The number of ether oxygens (including phenoxy) is 2. The van der Waals surface area contributed by atoms with Crippen LogP contribution in [0.2, 0.25) is 0 Å². The number of hydrogen-bond donors (Lipinski definition) is 1. The molecule has 1 saturated carbocycles. The molecule has 1 saturated heterocycles. The van der Waals surface area contributed by atoms with Crippen molar-refractivity contribution in [2.75, 3.05) is 26.9 Å². The van der Waals surface area contributed by atoms with E-state index in [0.29, 0.717) is 6.04 Å². The molecule has 94 valence electrons. The molecule has 1 aliphatic heterocycles. The Hall–Kier alpha value is -0.120. The SMILES string of the molecule is COC1(CNC2CCCCC2C)CCOC1. The van der Waals surface area contributed by atoms with E-state index in [1.807, 2.05) is 0 Å². The Morgan fingerprint density at radius 2 is 2.19 bits per heavy atom. The molecule has 2 rings (SSSR count). The van der Waals surface area contributed by atoms with Crippen molar-refractivity contribution < 1.29 is 9.47 Å². The van der Waals surface area contributed by atoms with Crippen LogP contribution in [-0.2, 0) is 9.47 Å². The highest BCUT2D eigenvalue weighted by atomic mass is 16.5. The van der Waals surface area contributed by atoms with E-state index in [1.54, 1.807) is 7.11 Å². The molecule has 2 fully saturated rings. The quantitative estimate of drug-likeness (QED) is 0.796. The highest BCUT2D eigenvalue weighted by Gasteiger charge is 2.35. The first-order valence-electron chi connectivity index (χ1n) is 6.62. The lowest BCUT2D eigenvalue weighted by atomic mass is 9.85. The summed E-state index contributed by atoms with van der Waals surface area (Å²) in [6.45, 7) is 4.90. The summed E-state index contributed by atoms with van der Waals surface area (Å²) in [5.41, 5.74) is -0.0584. The summed E-state index contributed by atoms with van der Waals surface area (Å²) in [5, 5.41) is 3.70. The normalized spacial score (nSPS) is 40.1. The maximum atomic E-state index is 5.64. The van der Waals surface area contributed by atoms with E-state index in [9.17, 15) is 0 Å². The van der Waals surface area contributed by atoms with Crippen LogP contribution in [0.4, 0.5) is 0 Å². The fourth-order valence-corrected chi connectivity index (χ4v) is 2.90. The molecule has 3 atom stereocenters. The van der Waals surface area contributed by atoms with Crippen molar-refractivity contribution in [1.82, 2.24) is 5.32 Å². The van der Waals surface area contributed by atoms with Gasteiger partial charge in [-0.1, -0.05) is 19.8 Å². The number of hydrogen-bond acceptors (Lipinski definition) is 3. The van der Waals surface area contributed by atoms with Crippen molar-refractivity contribution in [2.45, 2.75) is 50.7 Å². The van der Waals surface area contributed by atoms with Gasteiger partial charge in [0.2, 0.25) is 0 Å². The third kappa shape index (κ3) is 2.76. The predicted octanol–water partition coefficient (Wildman–Crippen LogP) is 1.96. The van der Waals surface area contributed by atoms with Crippen LogP contribution in [0.1, 0.15) is 39.0 Å². The van der Waals surface area contributed by atoms with Gasteiger partial charge in [0.15, 0.2) is 0 Å². The summed E-state index contributed by atoms with van der Waals surface area (Å²) in [4.78, 5) is 0. The van der Waals surface area contributed by atoms with E-state index >= 15 is 0 Å². The molecular formula is C13H25NO2. The molecule has 0 amide bonds. The summed E-state index contributed by atoms with van der Waals surface area (Å²) in [7, 11) is 1.81. The van der Waals surface area contributed by atoms with E-state index in [4.69, 9.17) is 9.47 Å². The van der Waals surface area contributed by atoms with Gasteiger partial charge in [0.25, 0.3) is 0 Å². The molecule has 0 spiro atoms. The minimum absolute atomic E-state index is 0.0584. The van der Waals surface area contributed by atoms with Gasteiger partial charge in [-0.2, -0.15) is 0 Å². The first-order valence-corrected chi connectivity index (χ1v) is 6.62. The van der Waals surface area contributed by atoms with Crippen LogP contribution in [0, 0.1) is 5.92 Å². The van der Waals surface area contributed by atoms with Crippen molar-refractivity contribution in [3.63, 3.8) is 0 Å². The zero-order chi connectivity index (χ0) is 11.4. The second-order valence-corrected chi connectivity index (χ2v) is 5.44. The Morgan fingerprint density at radius 1 is 1.38 bits per heavy atom. The third-order valence-electron chi connectivity index (χ3n) is 4.30. The lowest BCUT2D eigenvalue weighted by Crippen LogP contribution is -2.48. The summed E-state index contributed by atoms with van der Waals surface area (Å²) in [5.74, 6) is 0.810. The minimum Gasteiger partial charge on any atom is -0.378 e. The second kappa shape index (κ2) is 5.48. The van der Waals surface area contributed by atoms with Crippen LogP contribution in [0.5, 0.6) is 0 Å². The van der Waals surface area contributed by atoms with Crippen LogP contribution in [-0.4, -0.2) is 38.5 Å². The van der Waals surface area contributed by atoms with Crippen LogP contribution >= 0.6 is 0 Å². The molecule has 0 aromatic rings.